The van der Waals surface area contributed by atoms with Gasteiger partial charge in [-0.1, -0.05) is 13.3 Å². The normalized spacial score (nSPS) is 10.8. The van der Waals surface area contributed by atoms with E-state index in [-0.39, 0.29) is 5.75 Å². The zero-order valence-electron chi connectivity index (χ0n) is 11.0. The smallest absolute Gasteiger partial charge is 0.387 e. The van der Waals surface area contributed by atoms with Gasteiger partial charge in [0.25, 0.3) is 0 Å². The molecule has 6 heteroatoms. The van der Waals surface area contributed by atoms with Crippen LogP contribution in [-0.2, 0) is 6.42 Å². The van der Waals surface area contributed by atoms with E-state index in [1.54, 1.807) is 18.2 Å². The van der Waals surface area contributed by atoms with E-state index in [9.17, 15) is 8.78 Å². The molecule has 0 aliphatic rings. The van der Waals surface area contributed by atoms with Gasteiger partial charge >= 0.3 is 6.61 Å². The first kappa shape index (κ1) is 14.2. The molecule has 0 saturated heterocycles. The fraction of sp³-hybridized carbons (Fsp3) is 0.286. The van der Waals surface area contributed by atoms with Crippen LogP contribution in [0.2, 0.25) is 0 Å². The number of rotatable bonds is 5. The number of anilines is 1. The standard InChI is InChI=1S/C14H15F2N3O/c1-2-3-10-8-12(17)19-13(18-10)9-4-6-11(7-5-9)20-14(15)16/h4-8,14H,2-3H2,1H3,(H2,17,18,19). The quantitative estimate of drug-likeness (QED) is 0.912. The Morgan fingerprint density at radius 1 is 1.20 bits per heavy atom. The molecule has 0 aliphatic carbocycles. The van der Waals surface area contributed by atoms with E-state index in [0.29, 0.717) is 17.2 Å². The molecule has 0 spiro atoms. The summed E-state index contributed by atoms with van der Waals surface area (Å²) in [5, 5.41) is 0. The molecule has 4 nitrogen and oxygen atoms in total. The lowest BCUT2D eigenvalue weighted by Gasteiger charge is -2.07. The number of nitrogen functional groups attached to an aromatic ring is 1. The molecule has 2 N–H and O–H groups in total. The van der Waals surface area contributed by atoms with Crippen LogP contribution in [0.5, 0.6) is 5.75 Å². The second-order valence-corrected chi connectivity index (χ2v) is 4.26. The number of alkyl halides is 2. The molecule has 1 aromatic heterocycles. The minimum atomic E-state index is -2.83. The maximum absolute atomic E-state index is 12.1. The zero-order chi connectivity index (χ0) is 14.5. The van der Waals surface area contributed by atoms with Crippen molar-refractivity contribution in [3.05, 3.63) is 36.0 Å². The molecule has 1 aromatic carbocycles. The monoisotopic (exact) mass is 279 g/mol. The summed E-state index contributed by atoms with van der Waals surface area (Å²) in [5.41, 5.74) is 7.32. The Balaban J connectivity index is 2.26. The third-order valence-corrected chi connectivity index (χ3v) is 2.64. The van der Waals surface area contributed by atoms with Crippen molar-refractivity contribution in [2.24, 2.45) is 0 Å². The molecule has 0 unspecified atom stereocenters. The molecule has 0 saturated carbocycles. The van der Waals surface area contributed by atoms with Gasteiger partial charge in [0.15, 0.2) is 5.82 Å². The van der Waals surface area contributed by atoms with Crippen LogP contribution in [-0.4, -0.2) is 16.6 Å². The number of nitrogens with two attached hydrogens (primary N) is 1. The Bertz CT molecular complexity index is 573. The average Bonchev–Trinajstić information content (AvgIpc) is 2.38. The van der Waals surface area contributed by atoms with Gasteiger partial charge in [0, 0.05) is 17.3 Å². The molecule has 0 bridgehead atoms. The predicted octanol–water partition coefficient (Wildman–Crippen LogP) is 3.28. The van der Waals surface area contributed by atoms with Gasteiger partial charge in [-0.15, -0.1) is 0 Å². The van der Waals surface area contributed by atoms with Gasteiger partial charge < -0.3 is 10.5 Å². The molecular formula is C14H15F2N3O. The number of aryl methyl sites for hydroxylation is 1. The molecule has 0 amide bonds. The van der Waals surface area contributed by atoms with E-state index in [1.165, 1.54) is 12.1 Å². The predicted molar refractivity (Wildman–Crippen MR) is 72.5 cm³/mol. The Kier molecular flexibility index (Phi) is 4.45. The average molecular weight is 279 g/mol. The summed E-state index contributed by atoms with van der Waals surface area (Å²) in [6.07, 6.45) is 1.77. The first-order valence-corrected chi connectivity index (χ1v) is 6.27. The minimum Gasteiger partial charge on any atom is -0.435 e. The molecule has 2 rings (SSSR count). The fourth-order valence-electron chi connectivity index (χ4n) is 1.82. The van der Waals surface area contributed by atoms with Crippen LogP contribution >= 0.6 is 0 Å². The van der Waals surface area contributed by atoms with Gasteiger partial charge in [0.05, 0.1) is 0 Å². The van der Waals surface area contributed by atoms with Gasteiger partial charge in [-0.3, -0.25) is 0 Å². The minimum absolute atomic E-state index is 0.0986. The summed E-state index contributed by atoms with van der Waals surface area (Å²) in [7, 11) is 0. The lowest BCUT2D eigenvalue weighted by molar-refractivity contribution is -0.0498. The number of halogens is 2. The third-order valence-electron chi connectivity index (χ3n) is 2.64. The van der Waals surface area contributed by atoms with Gasteiger partial charge in [0.1, 0.15) is 11.6 Å². The van der Waals surface area contributed by atoms with Crippen LogP contribution in [0.25, 0.3) is 11.4 Å². The Labute approximate surface area is 115 Å². The second-order valence-electron chi connectivity index (χ2n) is 4.26. The number of benzene rings is 1. The zero-order valence-corrected chi connectivity index (χ0v) is 11.0. The molecule has 0 radical (unpaired) electrons. The van der Waals surface area contributed by atoms with Crippen LogP contribution in [0.4, 0.5) is 14.6 Å². The fourth-order valence-corrected chi connectivity index (χ4v) is 1.82. The van der Waals surface area contributed by atoms with Crippen molar-refractivity contribution in [1.29, 1.82) is 0 Å². The largest absolute Gasteiger partial charge is 0.435 e. The molecule has 1 heterocycles. The lowest BCUT2D eigenvalue weighted by atomic mass is 10.2. The van der Waals surface area contributed by atoms with Crippen LogP contribution < -0.4 is 10.5 Å². The van der Waals surface area contributed by atoms with Crippen molar-refractivity contribution in [1.82, 2.24) is 9.97 Å². The van der Waals surface area contributed by atoms with Gasteiger partial charge in [0.2, 0.25) is 0 Å². The summed E-state index contributed by atoms with van der Waals surface area (Å²) in [6, 6.07) is 7.90. The van der Waals surface area contributed by atoms with Crippen LogP contribution in [0.3, 0.4) is 0 Å². The van der Waals surface area contributed by atoms with Crippen LogP contribution in [0.1, 0.15) is 19.0 Å². The van der Waals surface area contributed by atoms with E-state index in [0.717, 1.165) is 18.5 Å². The number of ether oxygens (including phenoxy) is 1. The van der Waals surface area contributed by atoms with E-state index < -0.39 is 6.61 Å². The number of hydrogen-bond acceptors (Lipinski definition) is 4. The summed E-state index contributed by atoms with van der Waals surface area (Å²) in [6.45, 7) is -0.783. The maximum Gasteiger partial charge on any atom is 0.387 e. The highest BCUT2D eigenvalue weighted by Gasteiger charge is 2.07. The van der Waals surface area contributed by atoms with Crippen molar-refractivity contribution < 1.29 is 13.5 Å². The molecular weight excluding hydrogens is 264 g/mol. The number of nitrogens with zero attached hydrogens (tertiary/aromatic N) is 2. The first-order chi connectivity index (χ1) is 9.58. The van der Waals surface area contributed by atoms with Crippen molar-refractivity contribution in [3.8, 4) is 17.1 Å². The first-order valence-electron chi connectivity index (χ1n) is 6.27. The van der Waals surface area contributed by atoms with E-state index in [4.69, 9.17) is 5.73 Å². The highest BCUT2D eigenvalue weighted by atomic mass is 19.3. The molecule has 2 aromatic rings. The summed E-state index contributed by atoms with van der Waals surface area (Å²) in [4.78, 5) is 8.56. The second kappa shape index (κ2) is 6.27. The van der Waals surface area contributed by atoms with Crippen molar-refractivity contribution >= 4 is 5.82 Å². The van der Waals surface area contributed by atoms with Crippen molar-refractivity contribution in [3.63, 3.8) is 0 Å². The van der Waals surface area contributed by atoms with E-state index >= 15 is 0 Å². The van der Waals surface area contributed by atoms with Gasteiger partial charge in [-0.05, 0) is 30.7 Å². The van der Waals surface area contributed by atoms with Crippen molar-refractivity contribution in [2.45, 2.75) is 26.4 Å². The molecule has 0 aliphatic heterocycles. The van der Waals surface area contributed by atoms with Crippen LogP contribution in [0.15, 0.2) is 30.3 Å². The Hall–Kier alpha value is -2.24. The van der Waals surface area contributed by atoms with Gasteiger partial charge in [-0.2, -0.15) is 8.78 Å². The van der Waals surface area contributed by atoms with E-state index in [2.05, 4.69) is 21.6 Å². The third kappa shape index (κ3) is 3.63. The summed E-state index contributed by atoms with van der Waals surface area (Å²) in [5.74, 6) is 0.977. The Morgan fingerprint density at radius 2 is 1.90 bits per heavy atom. The number of hydrogen-bond donors (Lipinski definition) is 1. The van der Waals surface area contributed by atoms with Crippen LogP contribution in [0, 0.1) is 0 Å². The summed E-state index contributed by atoms with van der Waals surface area (Å²) < 4.78 is 28.4. The summed E-state index contributed by atoms with van der Waals surface area (Å²) >= 11 is 0. The highest BCUT2D eigenvalue weighted by Crippen LogP contribution is 2.22. The molecule has 20 heavy (non-hydrogen) atoms. The van der Waals surface area contributed by atoms with E-state index in [1.807, 2.05) is 0 Å². The number of aromatic nitrogens is 2. The van der Waals surface area contributed by atoms with Gasteiger partial charge in [-0.25, -0.2) is 9.97 Å². The van der Waals surface area contributed by atoms with Crippen molar-refractivity contribution in [2.75, 3.05) is 5.73 Å². The SMILES string of the molecule is CCCc1cc(N)nc(-c2ccc(OC(F)F)cc2)n1. The maximum atomic E-state index is 12.1. The molecule has 106 valence electrons. The lowest BCUT2D eigenvalue weighted by Crippen LogP contribution is -2.02. The Morgan fingerprint density at radius 3 is 2.50 bits per heavy atom. The molecule has 0 fully saturated rings. The molecule has 0 atom stereocenters. The highest BCUT2D eigenvalue weighted by molar-refractivity contribution is 5.58. The topological polar surface area (TPSA) is 61.0 Å².